The second kappa shape index (κ2) is 4.76. The first-order valence-electron chi connectivity index (χ1n) is 5.09. The highest BCUT2D eigenvalue weighted by Crippen LogP contribution is 2.24. The highest BCUT2D eigenvalue weighted by atomic mass is 32.2. The van der Waals surface area contributed by atoms with Gasteiger partial charge in [-0.2, -0.15) is 0 Å². The number of fused-ring (bicyclic) bond motifs is 1. The van der Waals surface area contributed by atoms with Gasteiger partial charge in [0.1, 0.15) is 5.52 Å². The maximum atomic E-state index is 9.42. The molecule has 4 nitrogen and oxygen atoms in total. The van der Waals surface area contributed by atoms with Gasteiger partial charge in [-0.05, 0) is 19.1 Å². The minimum atomic E-state index is -0.357. The van der Waals surface area contributed by atoms with Crippen molar-refractivity contribution in [1.82, 2.24) is 15.0 Å². The van der Waals surface area contributed by atoms with Crippen LogP contribution in [0, 0.1) is 0 Å². The van der Waals surface area contributed by atoms with Crippen LogP contribution < -0.4 is 0 Å². The lowest BCUT2D eigenvalue weighted by Crippen LogP contribution is -2.15. The Hall–Kier alpha value is -1.20. The van der Waals surface area contributed by atoms with Crippen molar-refractivity contribution in [1.29, 1.82) is 0 Å². The van der Waals surface area contributed by atoms with Gasteiger partial charge in [0.25, 0.3) is 0 Å². The average Bonchev–Trinajstić information content (AvgIpc) is 2.28. The van der Waals surface area contributed by atoms with Crippen LogP contribution in [-0.4, -0.2) is 31.4 Å². The van der Waals surface area contributed by atoms with Crippen LogP contribution in [0.1, 0.15) is 13.8 Å². The van der Waals surface area contributed by atoms with Crippen LogP contribution in [0.15, 0.2) is 29.6 Å². The molecule has 2 aromatic rings. The van der Waals surface area contributed by atoms with Crippen LogP contribution in [0.2, 0.25) is 0 Å². The smallest absolute Gasteiger partial charge is 0.179 e. The van der Waals surface area contributed by atoms with Gasteiger partial charge in [0, 0.05) is 17.6 Å². The molecule has 0 fully saturated rings. The van der Waals surface area contributed by atoms with Crippen LogP contribution in [0.4, 0.5) is 0 Å². The molecule has 0 radical (unpaired) electrons. The Balaban J connectivity index is 2.26. The first-order valence-corrected chi connectivity index (χ1v) is 5.97. The molecule has 0 aliphatic heterocycles. The van der Waals surface area contributed by atoms with Gasteiger partial charge in [-0.1, -0.05) is 6.92 Å². The van der Waals surface area contributed by atoms with Crippen molar-refractivity contribution in [2.75, 3.05) is 0 Å². The second-order valence-electron chi connectivity index (χ2n) is 3.61. The number of pyridine rings is 1. The number of aromatic nitrogens is 3. The van der Waals surface area contributed by atoms with E-state index in [0.29, 0.717) is 5.65 Å². The van der Waals surface area contributed by atoms with Crippen LogP contribution >= 0.6 is 11.8 Å². The number of thioether (sulfide) groups is 1. The van der Waals surface area contributed by atoms with Gasteiger partial charge >= 0.3 is 0 Å². The topological polar surface area (TPSA) is 58.9 Å². The molecule has 0 saturated heterocycles. The Morgan fingerprint density at radius 2 is 1.94 bits per heavy atom. The Labute approximate surface area is 98.1 Å². The largest absolute Gasteiger partial charge is 0.392 e. The number of rotatable bonds is 3. The molecule has 2 heterocycles. The molecule has 2 aromatic heterocycles. The number of aliphatic hydroxyl groups is 1. The molecule has 84 valence electrons. The summed E-state index contributed by atoms with van der Waals surface area (Å²) in [5, 5.41) is 10.4. The average molecular weight is 235 g/mol. The highest BCUT2D eigenvalue weighted by Gasteiger charge is 2.11. The van der Waals surface area contributed by atoms with E-state index in [9.17, 15) is 5.11 Å². The van der Waals surface area contributed by atoms with Gasteiger partial charge in [-0.15, -0.1) is 11.8 Å². The molecule has 0 saturated carbocycles. The van der Waals surface area contributed by atoms with Crippen molar-refractivity contribution < 1.29 is 5.11 Å². The standard InChI is InChI=1S/C11H13N3OS/c1-7(15)8(2)16-10-4-3-9-11(14-10)13-6-5-12-9/h3-8,15H,1-2H3. The number of hydrogen-bond acceptors (Lipinski definition) is 5. The summed E-state index contributed by atoms with van der Waals surface area (Å²) in [5.74, 6) is 0. The van der Waals surface area contributed by atoms with E-state index in [1.165, 1.54) is 11.8 Å². The van der Waals surface area contributed by atoms with E-state index >= 15 is 0 Å². The van der Waals surface area contributed by atoms with E-state index < -0.39 is 0 Å². The molecule has 0 amide bonds. The molecule has 0 aliphatic carbocycles. The summed E-state index contributed by atoms with van der Waals surface area (Å²) in [6.45, 7) is 3.75. The molecule has 2 rings (SSSR count). The quantitative estimate of drug-likeness (QED) is 0.823. The third-order valence-corrected chi connectivity index (χ3v) is 3.53. The van der Waals surface area contributed by atoms with E-state index in [1.54, 1.807) is 19.3 Å². The maximum Gasteiger partial charge on any atom is 0.179 e. The molecule has 1 N–H and O–H groups in total. The van der Waals surface area contributed by atoms with Crippen molar-refractivity contribution >= 4 is 22.9 Å². The lowest BCUT2D eigenvalue weighted by molar-refractivity contribution is 0.196. The van der Waals surface area contributed by atoms with Gasteiger partial charge in [0.15, 0.2) is 5.65 Å². The Morgan fingerprint density at radius 3 is 2.69 bits per heavy atom. The molecule has 2 atom stereocenters. The van der Waals surface area contributed by atoms with Gasteiger partial charge < -0.3 is 5.11 Å². The van der Waals surface area contributed by atoms with Crippen molar-refractivity contribution in [3.63, 3.8) is 0 Å². The summed E-state index contributed by atoms with van der Waals surface area (Å²) >= 11 is 1.54. The van der Waals surface area contributed by atoms with Gasteiger partial charge in [0.05, 0.1) is 11.1 Å². The fourth-order valence-corrected chi connectivity index (χ4v) is 2.06. The van der Waals surface area contributed by atoms with E-state index in [2.05, 4.69) is 15.0 Å². The Bertz CT molecular complexity index is 489. The molecular formula is C11H13N3OS. The van der Waals surface area contributed by atoms with Crippen LogP contribution in [0.5, 0.6) is 0 Å². The summed E-state index contributed by atoms with van der Waals surface area (Å²) in [7, 11) is 0. The molecule has 2 unspecified atom stereocenters. The Kier molecular flexibility index (Phi) is 3.36. The minimum absolute atomic E-state index is 0.113. The molecular weight excluding hydrogens is 222 g/mol. The van der Waals surface area contributed by atoms with E-state index in [-0.39, 0.29) is 11.4 Å². The van der Waals surface area contributed by atoms with Crippen molar-refractivity contribution in [2.24, 2.45) is 0 Å². The fraction of sp³-hybridized carbons (Fsp3) is 0.364. The monoisotopic (exact) mass is 235 g/mol. The van der Waals surface area contributed by atoms with E-state index in [4.69, 9.17) is 0 Å². The molecule has 0 aromatic carbocycles. The zero-order valence-corrected chi connectivity index (χ0v) is 9.98. The summed E-state index contributed by atoms with van der Waals surface area (Å²) in [5.41, 5.74) is 1.43. The second-order valence-corrected chi connectivity index (χ2v) is 5.01. The van der Waals surface area contributed by atoms with Crippen molar-refractivity contribution in [3.05, 3.63) is 24.5 Å². The van der Waals surface area contributed by atoms with Crippen molar-refractivity contribution in [3.8, 4) is 0 Å². The molecule has 0 aliphatic rings. The zero-order valence-electron chi connectivity index (χ0n) is 9.16. The highest BCUT2D eigenvalue weighted by molar-refractivity contribution is 7.99. The first-order chi connectivity index (χ1) is 7.66. The summed E-state index contributed by atoms with van der Waals surface area (Å²) in [6.07, 6.45) is 2.92. The molecule has 0 bridgehead atoms. The summed E-state index contributed by atoms with van der Waals surface area (Å²) in [4.78, 5) is 12.7. The predicted octanol–water partition coefficient (Wildman–Crippen LogP) is 1.89. The normalized spacial score (nSPS) is 14.9. The molecule has 0 spiro atoms. The summed E-state index contributed by atoms with van der Waals surface area (Å²) < 4.78 is 0. The fourth-order valence-electron chi connectivity index (χ4n) is 1.19. The molecule has 16 heavy (non-hydrogen) atoms. The van der Waals surface area contributed by atoms with E-state index in [0.717, 1.165) is 10.5 Å². The third kappa shape index (κ3) is 2.48. The minimum Gasteiger partial charge on any atom is -0.392 e. The maximum absolute atomic E-state index is 9.42. The van der Waals surface area contributed by atoms with Gasteiger partial charge in [-0.25, -0.2) is 9.97 Å². The van der Waals surface area contributed by atoms with Crippen LogP contribution in [-0.2, 0) is 0 Å². The third-order valence-electron chi connectivity index (χ3n) is 2.29. The van der Waals surface area contributed by atoms with E-state index in [1.807, 2.05) is 19.1 Å². The van der Waals surface area contributed by atoms with Crippen LogP contribution in [0.25, 0.3) is 11.2 Å². The Morgan fingerprint density at radius 1 is 1.19 bits per heavy atom. The predicted molar refractivity (Wildman–Crippen MR) is 64.3 cm³/mol. The number of hydrogen-bond donors (Lipinski definition) is 1. The number of nitrogens with zero attached hydrogens (tertiary/aromatic N) is 3. The van der Waals surface area contributed by atoms with Crippen molar-refractivity contribution in [2.45, 2.75) is 30.2 Å². The molecule has 5 heteroatoms. The lowest BCUT2D eigenvalue weighted by Gasteiger charge is -2.13. The first kappa shape index (κ1) is 11.3. The van der Waals surface area contributed by atoms with Gasteiger partial charge in [-0.3, -0.25) is 4.98 Å². The number of aliphatic hydroxyl groups excluding tert-OH is 1. The summed E-state index contributed by atoms with van der Waals surface area (Å²) in [6, 6.07) is 3.80. The van der Waals surface area contributed by atoms with Crippen LogP contribution in [0.3, 0.4) is 0 Å². The van der Waals surface area contributed by atoms with Gasteiger partial charge in [0.2, 0.25) is 0 Å². The SMILES string of the molecule is CC(O)C(C)Sc1ccc2nccnc2n1. The zero-order chi connectivity index (χ0) is 11.5. The lowest BCUT2D eigenvalue weighted by atomic mass is 10.3.